The second-order valence-electron chi connectivity index (χ2n) is 6.87. The summed E-state index contributed by atoms with van der Waals surface area (Å²) in [6.07, 6.45) is 5.65. The van der Waals surface area contributed by atoms with Gasteiger partial charge in [-0.2, -0.15) is 17.4 Å². The molecule has 5 nitrogen and oxygen atoms in total. The summed E-state index contributed by atoms with van der Waals surface area (Å²) in [6.45, 7) is 5.26. The molecule has 20 heavy (non-hydrogen) atoms. The van der Waals surface area contributed by atoms with Crippen LogP contribution in [0, 0.1) is 11.8 Å². The summed E-state index contributed by atoms with van der Waals surface area (Å²) in [7, 11) is -3.50. The Balaban J connectivity index is 2.09. The normalized spacial score (nSPS) is 32.1. The Morgan fingerprint density at radius 3 is 2.20 bits per heavy atom. The number of piperidine rings is 1. The van der Waals surface area contributed by atoms with Gasteiger partial charge in [-0.05, 0) is 31.1 Å². The SMILES string of the molecule is CC1CC(C)CN(S(=O)(=O)NC2(CO)CCCCC2)C1. The molecule has 6 heteroatoms. The molecule has 2 aliphatic rings. The number of hydrogen-bond donors (Lipinski definition) is 2. The number of aliphatic hydroxyl groups excluding tert-OH is 1. The van der Waals surface area contributed by atoms with Crippen LogP contribution in [-0.2, 0) is 10.2 Å². The van der Waals surface area contributed by atoms with E-state index in [0.717, 1.165) is 38.5 Å². The molecule has 1 heterocycles. The lowest BCUT2D eigenvalue weighted by Crippen LogP contribution is -2.58. The summed E-state index contributed by atoms with van der Waals surface area (Å²) in [4.78, 5) is 0. The summed E-state index contributed by atoms with van der Waals surface area (Å²) in [5, 5.41) is 9.66. The van der Waals surface area contributed by atoms with E-state index in [-0.39, 0.29) is 6.61 Å². The van der Waals surface area contributed by atoms with Gasteiger partial charge in [-0.25, -0.2) is 0 Å². The third-order valence-corrected chi connectivity index (χ3v) is 6.30. The Morgan fingerprint density at radius 2 is 1.70 bits per heavy atom. The second-order valence-corrected chi connectivity index (χ2v) is 8.54. The van der Waals surface area contributed by atoms with Crippen LogP contribution >= 0.6 is 0 Å². The van der Waals surface area contributed by atoms with Crippen LogP contribution in [0.4, 0.5) is 0 Å². The predicted octanol–water partition coefficient (Wildman–Crippen LogP) is 1.49. The molecule has 2 unspecified atom stereocenters. The lowest BCUT2D eigenvalue weighted by atomic mass is 9.83. The predicted molar refractivity (Wildman–Crippen MR) is 79.5 cm³/mol. The molecule has 0 aromatic rings. The van der Waals surface area contributed by atoms with Crippen molar-refractivity contribution < 1.29 is 13.5 Å². The van der Waals surface area contributed by atoms with E-state index in [9.17, 15) is 13.5 Å². The van der Waals surface area contributed by atoms with Gasteiger partial charge < -0.3 is 5.11 Å². The highest BCUT2D eigenvalue weighted by molar-refractivity contribution is 7.87. The molecule has 0 aromatic heterocycles. The zero-order chi connectivity index (χ0) is 14.8. The fourth-order valence-electron chi connectivity index (χ4n) is 3.66. The first-order valence-corrected chi connectivity index (χ1v) is 9.21. The zero-order valence-electron chi connectivity index (χ0n) is 12.6. The van der Waals surface area contributed by atoms with E-state index in [1.165, 1.54) is 0 Å². The average molecular weight is 304 g/mol. The van der Waals surface area contributed by atoms with Crippen molar-refractivity contribution in [2.45, 2.75) is 57.9 Å². The molecule has 0 bridgehead atoms. The van der Waals surface area contributed by atoms with Crippen molar-refractivity contribution in [2.75, 3.05) is 19.7 Å². The van der Waals surface area contributed by atoms with Crippen LogP contribution in [0.3, 0.4) is 0 Å². The van der Waals surface area contributed by atoms with E-state index in [1.807, 2.05) is 0 Å². The maximum Gasteiger partial charge on any atom is 0.280 e. The van der Waals surface area contributed by atoms with Gasteiger partial charge in [0.25, 0.3) is 10.2 Å². The minimum Gasteiger partial charge on any atom is -0.394 e. The van der Waals surface area contributed by atoms with Crippen LogP contribution in [0.2, 0.25) is 0 Å². The number of hydrogen-bond acceptors (Lipinski definition) is 3. The standard InChI is InChI=1S/C14H28N2O3S/c1-12-8-13(2)10-16(9-12)20(18,19)15-14(11-17)6-4-3-5-7-14/h12-13,15,17H,3-11H2,1-2H3. The van der Waals surface area contributed by atoms with Gasteiger partial charge in [-0.15, -0.1) is 0 Å². The van der Waals surface area contributed by atoms with Crippen molar-refractivity contribution in [2.24, 2.45) is 11.8 Å². The molecule has 0 aromatic carbocycles. The third kappa shape index (κ3) is 3.72. The molecule has 118 valence electrons. The Morgan fingerprint density at radius 1 is 1.15 bits per heavy atom. The first kappa shape index (κ1) is 16.2. The van der Waals surface area contributed by atoms with Crippen LogP contribution < -0.4 is 4.72 Å². The number of aliphatic hydroxyl groups is 1. The van der Waals surface area contributed by atoms with Gasteiger partial charge in [-0.3, -0.25) is 0 Å². The molecule has 1 aliphatic heterocycles. The number of nitrogens with one attached hydrogen (secondary N) is 1. The van der Waals surface area contributed by atoms with Gasteiger partial charge in [0.05, 0.1) is 12.1 Å². The molecular formula is C14H28N2O3S. The van der Waals surface area contributed by atoms with Crippen LogP contribution in [0.25, 0.3) is 0 Å². The van der Waals surface area contributed by atoms with E-state index in [4.69, 9.17) is 0 Å². The van der Waals surface area contributed by atoms with E-state index in [1.54, 1.807) is 4.31 Å². The number of rotatable bonds is 4. The molecule has 1 saturated heterocycles. The monoisotopic (exact) mass is 304 g/mol. The van der Waals surface area contributed by atoms with Gasteiger partial charge in [0.2, 0.25) is 0 Å². The van der Waals surface area contributed by atoms with Crippen molar-refractivity contribution in [1.82, 2.24) is 9.03 Å². The van der Waals surface area contributed by atoms with Crippen molar-refractivity contribution in [1.29, 1.82) is 0 Å². The van der Waals surface area contributed by atoms with Gasteiger partial charge >= 0.3 is 0 Å². The quantitative estimate of drug-likeness (QED) is 0.827. The molecule has 2 N–H and O–H groups in total. The summed E-state index contributed by atoms with van der Waals surface area (Å²) in [5.41, 5.74) is -0.638. The molecule has 0 radical (unpaired) electrons. The largest absolute Gasteiger partial charge is 0.394 e. The fraction of sp³-hybridized carbons (Fsp3) is 1.00. The van der Waals surface area contributed by atoms with Crippen LogP contribution in [0.1, 0.15) is 52.4 Å². The lowest BCUT2D eigenvalue weighted by molar-refractivity contribution is 0.136. The Kier molecular flexibility index (Phi) is 5.10. The van der Waals surface area contributed by atoms with E-state index in [0.29, 0.717) is 24.9 Å². The summed E-state index contributed by atoms with van der Waals surface area (Å²) < 4.78 is 29.6. The van der Waals surface area contributed by atoms with Crippen LogP contribution in [0.5, 0.6) is 0 Å². The maximum absolute atomic E-state index is 12.6. The van der Waals surface area contributed by atoms with Crippen molar-refractivity contribution in [3.8, 4) is 0 Å². The Hall–Kier alpha value is -0.170. The molecule has 2 atom stereocenters. The molecular weight excluding hydrogens is 276 g/mol. The van der Waals surface area contributed by atoms with Gasteiger partial charge in [0, 0.05) is 13.1 Å². The minimum atomic E-state index is -3.50. The third-order valence-electron chi connectivity index (χ3n) is 4.63. The lowest BCUT2D eigenvalue weighted by Gasteiger charge is -2.40. The summed E-state index contributed by atoms with van der Waals surface area (Å²) in [6, 6.07) is 0. The Labute approximate surface area is 122 Å². The van der Waals surface area contributed by atoms with Gasteiger partial charge in [0.1, 0.15) is 0 Å². The van der Waals surface area contributed by atoms with Gasteiger partial charge in [0.15, 0.2) is 0 Å². The van der Waals surface area contributed by atoms with Crippen molar-refractivity contribution in [3.63, 3.8) is 0 Å². The molecule has 0 amide bonds. The highest BCUT2D eigenvalue weighted by Gasteiger charge is 2.39. The molecule has 2 fully saturated rings. The van der Waals surface area contributed by atoms with E-state index < -0.39 is 15.7 Å². The van der Waals surface area contributed by atoms with E-state index >= 15 is 0 Å². The topological polar surface area (TPSA) is 69.6 Å². The Bertz CT molecular complexity index is 408. The summed E-state index contributed by atoms with van der Waals surface area (Å²) >= 11 is 0. The van der Waals surface area contributed by atoms with Gasteiger partial charge in [-0.1, -0.05) is 33.1 Å². The smallest absolute Gasteiger partial charge is 0.280 e. The second kappa shape index (κ2) is 6.30. The minimum absolute atomic E-state index is 0.106. The van der Waals surface area contributed by atoms with Crippen molar-refractivity contribution in [3.05, 3.63) is 0 Å². The average Bonchev–Trinajstić information content (AvgIpc) is 2.38. The zero-order valence-corrected chi connectivity index (χ0v) is 13.5. The summed E-state index contributed by atoms with van der Waals surface area (Å²) in [5.74, 6) is 0.790. The van der Waals surface area contributed by atoms with Crippen molar-refractivity contribution >= 4 is 10.2 Å². The number of nitrogens with zero attached hydrogens (tertiary/aromatic N) is 1. The molecule has 1 aliphatic carbocycles. The highest BCUT2D eigenvalue weighted by atomic mass is 32.2. The maximum atomic E-state index is 12.6. The first-order chi connectivity index (χ1) is 9.37. The molecule has 1 saturated carbocycles. The first-order valence-electron chi connectivity index (χ1n) is 7.77. The highest BCUT2D eigenvalue weighted by Crippen LogP contribution is 2.30. The molecule has 0 spiro atoms. The van der Waals surface area contributed by atoms with E-state index in [2.05, 4.69) is 18.6 Å². The fourth-order valence-corrected chi connectivity index (χ4v) is 5.51. The van der Waals surface area contributed by atoms with Crippen LogP contribution in [-0.4, -0.2) is 43.1 Å². The molecule has 2 rings (SSSR count). The van der Waals surface area contributed by atoms with Crippen LogP contribution in [0.15, 0.2) is 0 Å².